The fourth-order valence-corrected chi connectivity index (χ4v) is 4.33. The quantitative estimate of drug-likeness (QED) is 0.777. The molecule has 2 fully saturated rings. The van der Waals surface area contributed by atoms with Gasteiger partial charge in [0.1, 0.15) is 5.82 Å². The summed E-state index contributed by atoms with van der Waals surface area (Å²) < 4.78 is 14.0. The molecule has 0 atom stereocenters. The van der Waals surface area contributed by atoms with Gasteiger partial charge in [0.05, 0.1) is 6.54 Å². The Kier molecular flexibility index (Phi) is 6.31. The summed E-state index contributed by atoms with van der Waals surface area (Å²) in [4.78, 5) is 29.1. The molecule has 1 saturated carbocycles. The number of halogens is 1. The van der Waals surface area contributed by atoms with E-state index in [0.29, 0.717) is 29.9 Å². The Labute approximate surface area is 176 Å². The third-order valence-electron chi connectivity index (χ3n) is 5.99. The van der Waals surface area contributed by atoms with E-state index in [4.69, 9.17) is 0 Å². The molecule has 4 rings (SSSR count). The first kappa shape index (κ1) is 20.4. The van der Waals surface area contributed by atoms with Crippen LogP contribution >= 0.6 is 0 Å². The van der Waals surface area contributed by atoms with Crippen molar-refractivity contribution in [3.05, 3.63) is 65.5 Å². The number of carbonyl (C=O) groups is 2. The summed E-state index contributed by atoms with van der Waals surface area (Å²) in [5, 5.41) is 3.13. The van der Waals surface area contributed by atoms with Crippen LogP contribution in [-0.4, -0.2) is 36.0 Å². The van der Waals surface area contributed by atoms with Crippen LogP contribution in [0, 0.1) is 5.82 Å². The average molecular weight is 410 g/mol. The highest BCUT2D eigenvalue weighted by Crippen LogP contribution is 2.24. The molecule has 2 aromatic carbocycles. The number of urea groups is 1. The van der Waals surface area contributed by atoms with E-state index >= 15 is 0 Å². The minimum atomic E-state index is -0.302. The first-order chi connectivity index (χ1) is 14.6. The van der Waals surface area contributed by atoms with Crippen LogP contribution in [0.1, 0.15) is 54.4 Å². The zero-order valence-electron chi connectivity index (χ0n) is 17.1. The van der Waals surface area contributed by atoms with E-state index in [1.165, 1.54) is 12.5 Å². The Bertz CT molecular complexity index is 911. The van der Waals surface area contributed by atoms with Crippen LogP contribution in [0.3, 0.4) is 0 Å². The predicted molar refractivity (Wildman–Crippen MR) is 115 cm³/mol. The summed E-state index contributed by atoms with van der Waals surface area (Å²) in [6.07, 6.45) is 6.40. The molecule has 1 N–H and O–H groups in total. The van der Waals surface area contributed by atoms with Gasteiger partial charge in [-0.2, -0.15) is 0 Å². The molecular weight excluding hydrogens is 381 g/mol. The molecule has 1 aliphatic heterocycles. The van der Waals surface area contributed by atoms with Crippen LogP contribution in [0.4, 0.5) is 14.9 Å². The fraction of sp³-hybridized carbons (Fsp3) is 0.417. The van der Waals surface area contributed by atoms with Crippen LogP contribution in [0.2, 0.25) is 0 Å². The molecule has 1 heterocycles. The summed E-state index contributed by atoms with van der Waals surface area (Å²) in [5.41, 5.74) is 1.78. The summed E-state index contributed by atoms with van der Waals surface area (Å²) in [7, 11) is 0. The predicted octanol–water partition coefficient (Wildman–Crippen LogP) is 4.72. The first-order valence-corrected chi connectivity index (χ1v) is 10.8. The molecule has 1 aliphatic carbocycles. The maximum Gasteiger partial charge on any atom is 0.324 e. The molecule has 2 aliphatic rings. The topological polar surface area (TPSA) is 52.7 Å². The van der Waals surface area contributed by atoms with Crippen molar-refractivity contribution in [3.8, 4) is 0 Å². The molecule has 0 aromatic heterocycles. The van der Waals surface area contributed by atoms with Gasteiger partial charge in [-0.25, -0.2) is 9.18 Å². The van der Waals surface area contributed by atoms with Gasteiger partial charge in [0.25, 0.3) is 5.91 Å². The lowest BCUT2D eigenvalue weighted by Gasteiger charge is -2.36. The van der Waals surface area contributed by atoms with Gasteiger partial charge in [-0.1, -0.05) is 43.5 Å². The van der Waals surface area contributed by atoms with Crippen LogP contribution in [0.15, 0.2) is 48.5 Å². The van der Waals surface area contributed by atoms with Crippen LogP contribution < -0.4 is 10.2 Å². The third-order valence-corrected chi connectivity index (χ3v) is 5.99. The van der Waals surface area contributed by atoms with E-state index in [-0.39, 0.29) is 30.3 Å². The van der Waals surface area contributed by atoms with E-state index in [9.17, 15) is 14.0 Å². The van der Waals surface area contributed by atoms with E-state index in [2.05, 4.69) is 5.32 Å². The van der Waals surface area contributed by atoms with Crippen molar-refractivity contribution in [1.29, 1.82) is 0 Å². The Morgan fingerprint density at radius 1 is 1.00 bits per heavy atom. The highest BCUT2D eigenvalue weighted by molar-refractivity contribution is 5.98. The van der Waals surface area contributed by atoms with E-state index < -0.39 is 0 Å². The Hall–Kier alpha value is -2.89. The number of hydrogen-bond acceptors (Lipinski definition) is 2. The SMILES string of the molecule is O=C(NC1CCCCC1)c1cccc(N2CCCN(Cc3ccccc3F)C2=O)c1. The zero-order valence-corrected chi connectivity index (χ0v) is 17.1. The summed E-state index contributed by atoms with van der Waals surface area (Å²) >= 11 is 0. The second-order valence-electron chi connectivity index (χ2n) is 8.16. The molecule has 0 radical (unpaired) electrons. The molecule has 1 saturated heterocycles. The van der Waals surface area contributed by atoms with Gasteiger partial charge in [-0.3, -0.25) is 9.69 Å². The van der Waals surface area contributed by atoms with E-state index in [1.807, 2.05) is 12.1 Å². The number of nitrogens with zero attached hydrogens (tertiary/aromatic N) is 2. The van der Waals surface area contributed by atoms with Crippen molar-refractivity contribution in [1.82, 2.24) is 10.2 Å². The zero-order chi connectivity index (χ0) is 20.9. The molecule has 0 spiro atoms. The number of benzene rings is 2. The maximum atomic E-state index is 14.0. The molecule has 0 unspecified atom stereocenters. The largest absolute Gasteiger partial charge is 0.349 e. The number of anilines is 1. The van der Waals surface area contributed by atoms with Crippen LogP contribution in [0.5, 0.6) is 0 Å². The lowest BCUT2D eigenvalue weighted by molar-refractivity contribution is 0.0927. The molecular formula is C24H28FN3O2. The van der Waals surface area contributed by atoms with Crippen molar-refractivity contribution in [2.45, 2.75) is 51.1 Å². The van der Waals surface area contributed by atoms with Gasteiger partial charge in [0, 0.05) is 35.9 Å². The van der Waals surface area contributed by atoms with Crippen molar-refractivity contribution < 1.29 is 14.0 Å². The van der Waals surface area contributed by atoms with Crippen molar-refractivity contribution >= 4 is 17.6 Å². The summed E-state index contributed by atoms with van der Waals surface area (Å²) in [6, 6.07) is 13.9. The van der Waals surface area contributed by atoms with E-state index in [0.717, 1.165) is 32.1 Å². The number of amides is 3. The Morgan fingerprint density at radius 2 is 1.80 bits per heavy atom. The van der Waals surface area contributed by atoms with Gasteiger partial charge >= 0.3 is 6.03 Å². The molecule has 5 nitrogen and oxygen atoms in total. The number of hydrogen-bond donors (Lipinski definition) is 1. The molecule has 0 bridgehead atoms. The lowest BCUT2D eigenvalue weighted by atomic mass is 9.95. The van der Waals surface area contributed by atoms with Gasteiger partial charge in [-0.05, 0) is 43.5 Å². The summed E-state index contributed by atoms with van der Waals surface area (Å²) in [6.45, 7) is 1.41. The lowest BCUT2D eigenvalue weighted by Crippen LogP contribution is -2.49. The van der Waals surface area contributed by atoms with Gasteiger partial charge in [-0.15, -0.1) is 0 Å². The smallest absolute Gasteiger partial charge is 0.324 e. The second kappa shape index (κ2) is 9.28. The van der Waals surface area contributed by atoms with Gasteiger partial charge in [0.15, 0.2) is 0 Å². The maximum absolute atomic E-state index is 14.0. The van der Waals surface area contributed by atoms with Crippen molar-refractivity contribution in [3.63, 3.8) is 0 Å². The number of nitrogens with one attached hydrogen (secondary N) is 1. The van der Waals surface area contributed by atoms with Crippen molar-refractivity contribution in [2.75, 3.05) is 18.0 Å². The second-order valence-corrected chi connectivity index (χ2v) is 8.16. The Balaban J connectivity index is 1.46. The molecule has 6 heteroatoms. The highest BCUT2D eigenvalue weighted by Gasteiger charge is 2.28. The van der Waals surface area contributed by atoms with Crippen LogP contribution in [-0.2, 0) is 6.54 Å². The molecule has 30 heavy (non-hydrogen) atoms. The molecule has 2 aromatic rings. The monoisotopic (exact) mass is 409 g/mol. The van der Waals surface area contributed by atoms with Crippen molar-refractivity contribution in [2.24, 2.45) is 0 Å². The Morgan fingerprint density at radius 3 is 2.60 bits per heavy atom. The minimum Gasteiger partial charge on any atom is -0.349 e. The van der Waals surface area contributed by atoms with E-state index in [1.54, 1.807) is 40.1 Å². The van der Waals surface area contributed by atoms with Crippen LogP contribution in [0.25, 0.3) is 0 Å². The first-order valence-electron chi connectivity index (χ1n) is 10.8. The normalized spacial score (nSPS) is 17.8. The van der Waals surface area contributed by atoms with Gasteiger partial charge in [0.2, 0.25) is 0 Å². The highest BCUT2D eigenvalue weighted by atomic mass is 19.1. The average Bonchev–Trinajstić information content (AvgIpc) is 2.77. The standard InChI is InChI=1S/C24H28FN3O2/c25-22-13-5-4-8-19(22)17-27-14-7-15-28(24(27)30)21-12-6-9-18(16-21)23(29)26-20-10-2-1-3-11-20/h4-6,8-9,12-13,16,20H,1-3,7,10-11,14-15,17H2,(H,26,29). The number of rotatable bonds is 5. The number of carbonyl (C=O) groups excluding carboxylic acids is 2. The molecule has 3 amide bonds. The van der Waals surface area contributed by atoms with Gasteiger partial charge < -0.3 is 10.2 Å². The molecule has 158 valence electrons. The fourth-order valence-electron chi connectivity index (χ4n) is 4.33. The third kappa shape index (κ3) is 4.64. The minimum absolute atomic E-state index is 0.0866. The summed E-state index contributed by atoms with van der Waals surface area (Å²) in [5.74, 6) is -0.389.